The number of piperidine rings is 1. The molecule has 1 aromatic carbocycles. The van der Waals surface area contributed by atoms with Crippen LogP contribution in [0.2, 0.25) is 0 Å². The van der Waals surface area contributed by atoms with Crippen molar-refractivity contribution in [2.24, 2.45) is 5.92 Å². The second kappa shape index (κ2) is 10.6. The molecule has 1 aromatic rings. The Morgan fingerprint density at radius 3 is 2.50 bits per heavy atom. The summed E-state index contributed by atoms with van der Waals surface area (Å²) in [4.78, 5) is 16.3. The van der Waals surface area contributed by atoms with E-state index >= 15 is 0 Å². The van der Waals surface area contributed by atoms with Gasteiger partial charge in [0.25, 0.3) is 0 Å². The molecular formula is C22H30F4N2O2. The molecule has 0 aromatic heterocycles. The lowest BCUT2D eigenvalue weighted by atomic mass is 9.95. The van der Waals surface area contributed by atoms with Gasteiger partial charge in [0.2, 0.25) is 5.91 Å². The Labute approximate surface area is 175 Å². The van der Waals surface area contributed by atoms with E-state index < -0.39 is 24.9 Å². The molecule has 1 atom stereocenters. The highest BCUT2D eigenvalue weighted by molar-refractivity contribution is 5.76. The summed E-state index contributed by atoms with van der Waals surface area (Å²) in [6, 6.07) is 6.73. The molecule has 30 heavy (non-hydrogen) atoms. The van der Waals surface area contributed by atoms with E-state index in [0.717, 1.165) is 38.8 Å². The molecule has 0 bridgehead atoms. The Bertz CT molecular complexity index is 684. The lowest BCUT2D eigenvalue weighted by molar-refractivity contribution is -0.150. The fourth-order valence-corrected chi connectivity index (χ4v) is 4.23. The van der Waals surface area contributed by atoms with Gasteiger partial charge in [0, 0.05) is 38.2 Å². The van der Waals surface area contributed by atoms with Crippen molar-refractivity contribution in [1.29, 1.82) is 0 Å². The Morgan fingerprint density at radius 1 is 1.13 bits per heavy atom. The number of carbonyl (C=O) groups excluding carboxylic acids is 1. The predicted molar refractivity (Wildman–Crippen MR) is 105 cm³/mol. The van der Waals surface area contributed by atoms with Crippen LogP contribution in [-0.2, 0) is 16.1 Å². The van der Waals surface area contributed by atoms with Gasteiger partial charge >= 0.3 is 6.18 Å². The van der Waals surface area contributed by atoms with Gasteiger partial charge in [0.15, 0.2) is 0 Å². The number of amides is 1. The SMILES string of the molecule is O=C(CCC(F)(F)F)N(CC1CCN(Cc2ccccc2F)CC1)C[C@@H]1CCCO1. The number of hydrogen-bond donors (Lipinski definition) is 0. The summed E-state index contributed by atoms with van der Waals surface area (Å²) in [6.07, 6.45) is -2.58. The number of carbonyl (C=O) groups is 1. The van der Waals surface area contributed by atoms with Gasteiger partial charge in [-0.2, -0.15) is 13.2 Å². The van der Waals surface area contributed by atoms with Crippen molar-refractivity contribution >= 4 is 5.91 Å². The van der Waals surface area contributed by atoms with Gasteiger partial charge in [-0.15, -0.1) is 0 Å². The molecule has 0 spiro atoms. The lowest BCUT2D eigenvalue weighted by Gasteiger charge is -2.35. The van der Waals surface area contributed by atoms with E-state index in [1.54, 1.807) is 17.0 Å². The van der Waals surface area contributed by atoms with Crippen LogP contribution in [0.5, 0.6) is 0 Å². The summed E-state index contributed by atoms with van der Waals surface area (Å²) in [5, 5.41) is 0. The largest absolute Gasteiger partial charge is 0.389 e. The van der Waals surface area contributed by atoms with E-state index in [0.29, 0.717) is 31.8 Å². The molecule has 2 aliphatic rings. The number of nitrogens with zero attached hydrogens (tertiary/aromatic N) is 2. The minimum atomic E-state index is -4.33. The number of ether oxygens (including phenoxy) is 1. The molecule has 0 unspecified atom stereocenters. The first-order valence-electron chi connectivity index (χ1n) is 10.7. The summed E-state index contributed by atoms with van der Waals surface area (Å²) in [5.74, 6) is -0.424. The lowest BCUT2D eigenvalue weighted by Crippen LogP contribution is -2.43. The topological polar surface area (TPSA) is 32.8 Å². The zero-order valence-corrected chi connectivity index (χ0v) is 17.2. The van der Waals surface area contributed by atoms with Gasteiger partial charge in [-0.25, -0.2) is 4.39 Å². The smallest absolute Gasteiger partial charge is 0.376 e. The van der Waals surface area contributed by atoms with Crippen LogP contribution in [0.3, 0.4) is 0 Å². The third-order valence-corrected chi connectivity index (χ3v) is 5.96. The molecule has 0 radical (unpaired) electrons. The normalized spacial score (nSPS) is 21.1. The van der Waals surface area contributed by atoms with E-state index in [9.17, 15) is 22.4 Å². The van der Waals surface area contributed by atoms with Crippen molar-refractivity contribution in [3.63, 3.8) is 0 Å². The minimum absolute atomic E-state index is 0.0824. The molecule has 2 saturated heterocycles. The second-order valence-corrected chi connectivity index (χ2v) is 8.36. The van der Waals surface area contributed by atoms with Gasteiger partial charge in [0.05, 0.1) is 12.5 Å². The fourth-order valence-electron chi connectivity index (χ4n) is 4.23. The Kier molecular flexibility index (Phi) is 8.11. The van der Waals surface area contributed by atoms with Crippen LogP contribution in [0.1, 0.15) is 44.1 Å². The van der Waals surface area contributed by atoms with Crippen LogP contribution in [0.25, 0.3) is 0 Å². The van der Waals surface area contributed by atoms with Crippen molar-refractivity contribution in [1.82, 2.24) is 9.80 Å². The van der Waals surface area contributed by atoms with Gasteiger partial charge < -0.3 is 9.64 Å². The standard InChI is InChI=1S/C22H30F4N2O2/c23-20-6-2-1-4-18(20)15-27-11-8-17(9-12-27)14-28(16-19-5-3-13-30-19)21(29)7-10-22(24,25)26/h1-2,4,6,17,19H,3,5,7-16H2/t19-/m0/s1. The summed E-state index contributed by atoms with van der Waals surface area (Å²) in [7, 11) is 0. The van der Waals surface area contributed by atoms with E-state index in [-0.39, 0.29) is 17.8 Å². The molecule has 2 fully saturated rings. The number of hydrogen-bond acceptors (Lipinski definition) is 3. The summed E-state index contributed by atoms with van der Waals surface area (Å²) in [6.45, 7) is 3.58. The van der Waals surface area contributed by atoms with Crippen LogP contribution < -0.4 is 0 Å². The number of likely N-dealkylation sites (tertiary alicyclic amines) is 1. The molecule has 8 heteroatoms. The van der Waals surface area contributed by atoms with Crippen molar-refractivity contribution in [3.05, 3.63) is 35.6 Å². The Morgan fingerprint density at radius 2 is 1.87 bits per heavy atom. The van der Waals surface area contributed by atoms with Gasteiger partial charge in [-0.3, -0.25) is 9.69 Å². The zero-order valence-electron chi connectivity index (χ0n) is 17.2. The Balaban J connectivity index is 1.51. The second-order valence-electron chi connectivity index (χ2n) is 8.36. The van der Waals surface area contributed by atoms with Crippen LogP contribution in [0, 0.1) is 11.7 Å². The van der Waals surface area contributed by atoms with E-state index in [1.165, 1.54) is 6.07 Å². The highest BCUT2D eigenvalue weighted by atomic mass is 19.4. The maximum absolute atomic E-state index is 13.9. The molecular weight excluding hydrogens is 400 g/mol. The number of alkyl halides is 3. The fraction of sp³-hybridized carbons (Fsp3) is 0.682. The first-order chi connectivity index (χ1) is 14.3. The highest BCUT2D eigenvalue weighted by Crippen LogP contribution is 2.25. The van der Waals surface area contributed by atoms with Gasteiger partial charge in [-0.1, -0.05) is 18.2 Å². The molecule has 2 heterocycles. The molecule has 1 amide bonds. The molecule has 0 aliphatic carbocycles. The van der Waals surface area contributed by atoms with Crippen LogP contribution >= 0.6 is 0 Å². The molecule has 0 saturated carbocycles. The van der Waals surface area contributed by atoms with E-state index in [2.05, 4.69) is 4.90 Å². The predicted octanol–water partition coefficient (Wildman–Crippen LogP) is 4.39. The number of benzene rings is 1. The van der Waals surface area contributed by atoms with E-state index in [1.807, 2.05) is 6.07 Å². The quantitative estimate of drug-likeness (QED) is 0.574. The van der Waals surface area contributed by atoms with Gasteiger partial charge in [0.1, 0.15) is 5.82 Å². The van der Waals surface area contributed by atoms with Crippen LogP contribution in [-0.4, -0.2) is 60.8 Å². The average molecular weight is 430 g/mol. The highest BCUT2D eigenvalue weighted by Gasteiger charge is 2.31. The average Bonchev–Trinajstić information content (AvgIpc) is 3.21. The van der Waals surface area contributed by atoms with Gasteiger partial charge in [-0.05, 0) is 50.8 Å². The zero-order chi connectivity index (χ0) is 21.6. The minimum Gasteiger partial charge on any atom is -0.376 e. The first-order valence-corrected chi connectivity index (χ1v) is 10.7. The van der Waals surface area contributed by atoms with Crippen molar-refractivity contribution in [3.8, 4) is 0 Å². The summed E-state index contributed by atoms with van der Waals surface area (Å²) < 4.78 is 57.2. The maximum atomic E-state index is 13.9. The third-order valence-electron chi connectivity index (χ3n) is 5.96. The summed E-state index contributed by atoms with van der Waals surface area (Å²) >= 11 is 0. The van der Waals surface area contributed by atoms with Crippen molar-refractivity contribution < 1.29 is 27.1 Å². The maximum Gasteiger partial charge on any atom is 0.389 e. The van der Waals surface area contributed by atoms with Crippen molar-refractivity contribution in [2.45, 2.75) is 57.3 Å². The van der Waals surface area contributed by atoms with Crippen LogP contribution in [0.4, 0.5) is 17.6 Å². The van der Waals surface area contributed by atoms with Crippen LogP contribution in [0.15, 0.2) is 24.3 Å². The van der Waals surface area contributed by atoms with E-state index in [4.69, 9.17) is 4.74 Å². The number of rotatable bonds is 8. The monoisotopic (exact) mass is 430 g/mol. The molecule has 2 aliphatic heterocycles. The molecule has 0 N–H and O–H groups in total. The first kappa shape index (κ1) is 23.0. The summed E-state index contributed by atoms with van der Waals surface area (Å²) in [5.41, 5.74) is 0.665. The van der Waals surface area contributed by atoms with Crippen molar-refractivity contribution in [2.75, 3.05) is 32.8 Å². The molecule has 3 rings (SSSR count). The number of halogens is 4. The molecule has 168 valence electrons. The molecule has 4 nitrogen and oxygen atoms in total. The third kappa shape index (κ3) is 7.23. The Hall–Kier alpha value is -1.67.